The molecule has 1 nitrogen and oxygen atoms in total. The van der Waals surface area contributed by atoms with E-state index in [1.807, 2.05) is 13.6 Å². The predicted octanol–water partition coefficient (Wildman–Crippen LogP) is 2.33. The van der Waals surface area contributed by atoms with Crippen molar-refractivity contribution in [2.45, 2.75) is 6.92 Å². The molecule has 0 aromatic rings. The molecule has 0 spiro atoms. The van der Waals surface area contributed by atoms with Crippen molar-refractivity contribution in [2.24, 2.45) is 0 Å². The van der Waals surface area contributed by atoms with Gasteiger partial charge in [0.2, 0.25) is 0 Å². The topological polar surface area (TPSA) is 9.23 Å². The van der Waals surface area contributed by atoms with Crippen molar-refractivity contribution < 1.29 is 4.52 Å². The lowest BCUT2D eigenvalue weighted by atomic mass is 10.8. The van der Waals surface area contributed by atoms with Crippen LogP contribution in [-0.4, -0.2) is 19.0 Å². The van der Waals surface area contributed by atoms with Gasteiger partial charge in [0.25, 0.3) is 0 Å². The van der Waals surface area contributed by atoms with Gasteiger partial charge in [-0.15, -0.1) is 6.42 Å². The third-order valence-electron chi connectivity index (χ3n) is 0.746. The monoisotopic (exact) mass is 194 g/mol. The molecule has 10 heavy (non-hydrogen) atoms. The van der Waals surface area contributed by atoms with Crippen LogP contribution >= 0.6 is 16.8 Å². The maximum Gasteiger partial charge on any atom is 0.117 e. The van der Waals surface area contributed by atoms with Crippen LogP contribution in [0.2, 0.25) is 0 Å². The van der Waals surface area contributed by atoms with Gasteiger partial charge in [-0.2, -0.15) is 0 Å². The number of hydrogen-bond acceptors (Lipinski definition) is 3. The molecule has 0 radical (unpaired) electrons. The van der Waals surface area contributed by atoms with Crippen LogP contribution in [0.1, 0.15) is 6.92 Å². The van der Waals surface area contributed by atoms with Crippen LogP contribution in [0.15, 0.2) is 0 Å². The minimum absolute atomic E-state index is 0.660. The van der Waals surface area contributed by atoms with Crippen molar-refractivity contribution in [1.29, 1.82) is 0 Å². The van der Waals surface area contributed by atoms with Crippen molar-refractivity contribution in [1.82, 2.24) is 0 Å². The summed E-state index contributed by atoms with van der Waals surface area (Å²) in [5.74, 6) is 3.19. The van der Waals surface area contributed by atoms with Crippen LogP contribution in [-0.2, 0) is 16.3 Å². The second kappa shape index (κ2) is 5.21. The summed E-state index contributed by atoms with van der Waals surface area (Å²) in [7, 11) is 0. The lowest BCUT2D eigenvalue weighted by molar-refractivity contribution is 0.388. The fourth-order valence-electron chi connectivity index (χ4n) is 0.426. The Labute approximate surface area is 71.8 Å². The number of hydrogen-bond donors (Lipinski definition) is 0. The molecule has 4 heteroatoms. The predicted molar refractivity (Wildman–Crippen MR) is 53.1 cm³/mol. The summed E-state index contributed by atoms with van der Waals surface area (Å²) < 4.78 is 5.32. The molecule has 0 aliphatic carbocycles. The van der Waals surface area contributed by atoms with E-state index in [1.165, 1.54) is 0 Å². The van der Waals surface area contributed by atoms with E-state index in [1.54, 1.807) is 11.4 Å². The Balaban J connectivity index is 3.67. The Hall–Kier alpha value is 0.520. The van der Waals surface area contributed by atoms with Gasteiger partial charge in [-0.05, 0) is 13.6 Å². The van der Waals surface area contributed by atoms with E-state index in [9.17, 15) is 0 Å². The molecule has 0 rings (SSSR count). The smallest absolute Gasteiger partial charge is 0.117 e. The molecule has 0 aromatic carbocycles. The van der Waals surface area contributed by atoms with Gasteiger partial charge < -0.3 is 4.52 Å². The fraction of sp³-hybridized carbons (Fsp3) is 0.667. The van der Waals surface area contributed by atoms with Gasteiger partial charge in [-0.3, -0.25) is 0 Å². The summed E-state index contributed by atoms with van der Waals surface area (Å²) >= 11 is 6.74. The Morgan fingerprint density at radius 2 is 2.40 bits per heavy atom. The van der Waals surface area contributed by atoms with Crippen molar-refractivity contribution in [3.05, 3.63) is 0 Å². The summed E-state index contributed by atoms with van der Waals surface area (Å²) in [6.45, 7) is 4.58. The second-order valence-electron chi connectivity index (χ2n) is 1.67. The van der Waals surface area contributed by atoms with Gasteiger partial charge in [0.15, 0.2) is 0 Å². The summed E-state index contributed by atoms with van der Waals surface area (Å²) in [4.78, 5) is 0. The van der Waals surface area contributed by atoms with Gasteiger partial charge in [0.1, 0.15) is 5.47 Å². The first-order chi connectivity index (χ1) is 4.62. The molecule has 58 valence electrons. The number of terminal acetylenes is 1. The minimum Gasteiger partial charge on any atom is -0.342 e. The Morgan fingerprint density at radius 1 is 1.80 bits per heavy atom. The highest BCUT2D eigenvalue weighted by atomic mass is 32.9. The standard InChI is InChI=1S/C6H11OPS2/c1-4-6-10-8(3,9)7-5-2/h1H,5-6H2,2-3H3. The molecule has 0 N–H and O–H groups in total. The van der Waals surface area contributed by atoms with E-state index in [0.29, 0.717) is 12.4 Å². The van der Waals surface area contributed by atoms with Gasteiger partial charge in [0.05, 0.1) is 5.75 Å². The van der Waals surface area contributed by atoms with Gasteiger partial charge in [-0.25, -0.2) is 0 Å². The van der Waals surface area contributed by atoms with E-state index in [4.69, 9.17) is 22.8 Å². The quantitative estimate of drug-likeness (QED) is 0.502. The summed E-state index contributed by atoms with van der Waals surface area (Å²) in [6, 6.07) is 0. The van der Waals surface area contributed by atoms with Gasteiger partial charge in [0, 0.05) is 6.61 Å². The lowest BCUT2D eigenvalue weighted by Gasteiger charge is -2.13. The molecule has 1 atom stereocenters. The molecule has 0 amide bonds. The van der Waals surface area contributed by atoms with Gasteiger partial charge in [-0.1, -0.05) is 29.1 Å². The second-order valence-corrected chi connectivity index (χ2v) is 9.66. The molecular formula is C6H11OPS2. The first kappa shape index (κ1) is 10.5. The van der Waals surface area contributed by atoms with E-state index in [0.717, 1.165) is 0 Å². The normalized spacial score (nSPS) is 15.7. The van der Waals surface area contributed by atoms with Crippen LogP contribution in [0.25, 0.3) is 0 Å². The molecule has 0 bridgehead atoms. The SMILES string of the molecule is C#CCSP(C)(=S)OCC. The summed E-state index contributed by atoms with van der Waals surface area (Å²) in [6.07, 6.45) is 5.08. The maximum atomic E-state index is 5.32. The van der Waals surface area contributed by atoms with E-state index < -0.39 is 5.47 Å². The zero-order valence-corrected chi connectivity index (χ0v) is 8.69. The molecule has 0 fully saturated rings. The summed E-state index contributed by atoms with van der Waals surface area (Å²) in [5, 5.41) is 0. The molecule has 0 heterocycles. The van der Waals surface area contributed by atoms with Crippen molar-refractivity contribution in [3.8, 4) is 12.3 Å². The zero-order chi connectivity index (χ0) is 8.04. The van der Waals surface area contributed by atoms with E-state index in [2.05, 4.69) is 5.92 Å². The van der Waals surface area contributed by atoms with Crippen molar-refractivity contribution in [2.75, 3.05) is 19.0 Å². The first-order valence-corrected chi connectivity index (χ1v) is 7.68. The average Bonchev–Trinajstić information content (AvgIpc) is 1.84. The highest BCUT2D eigenvalue weighted by Crippen LogP contribution is 2.56. The Kier molecular flexibility index (Phi) is 5.48. The summed E-state index contributed by atoms with van der Waals surface area (Å²) in [5.41, 5.74) is -1.60. The first-order valence-electron chi connectivity index (χ1n) is 2.92. The third kappa shape index (κ3) is 5.32. The molecule has 1 unspecified atom stereocenters. The molecular weight excluding hydrogens is 183 g/mol. The largest absolute Gasteiger partial charge is 0.342 e. The Morgan fingerprint density at radius 3 is 2.80 bits per heavy atom. The Bertz CT molecular complexity index is 173. The lowest BCUT2D eigenvalue weighted by Crippen LogP contribution is -1.83. The van der Waals surface area contributed by atoms with Crippen LogP contribution in [0.3, 0.4) is 0 Å². The van der Waals surface area contributed by atoms with E-state index >= 15 is 0 Å². The molecule has 0 aliphatic heterocycles. The van der Waals surface area contributed by atoms with E-state index in [-0.39, 0.29) is 0 Å². The zero-order valence-electron chi connectivity index (χ0n) is 6.16. The molecule has 0 aromatic heterocycles. The van der Waals surface area contributed by atoms with Crippen LogP contribution < -0.4 is 0 Å². The van der Waals surface area contributed by atoms with Crippen LogP contribution in [0, 0.1) is 12.3 Å². The molecule has 0 aliphatic rings. The highest BCUT2D eigenvalue weighted by molar-refractivity contribution is 8.69. The highest BCUT2D eigenvalue weighted by Gasteiger charge is 2.07. The van der Waals surface area contributed by atoms with Crippen LogP contribution in [0.5, 0.6) is 0 Å². The number of rotatable bonds is 4. The average molecular weight is 194 g/mol. The third-order valence-corrected chi connectivity index (χ3v) is 5.61. The molecule has 0 saturated heterocycles. The van der Waals surface area contributed by atoms with Crippen molar-refractivity contribution >= 4 is 28.7 Å². The van der Waals surface area contributed by atoms with Crippen LogP contribution in [0.4, 0.5) is 0 Å². The van der Waals surface area contributed by atoms with Gasteiger partial charge >= 0.3 is 0 Å². The fourth-order valence-corrected chi connectivity index (χ4v) is 3.54. The maximum absolute atomic E-state index is 5.32. The minimum atomic E-state index is -1.60. The van der Waals surface area contributed by atoms with Crippen molar-refractivity contribution in [3.63, 3.8) is 0 Å². The molecule has 0 saturated carbocycles.